The normalized spacial score (nSPS) is 11.3. The van der Waals surface area contributed by atoms with Gasteiger partial charge < -0.3 is 18.6 Å². The Balaban J connectivity index is 2.11. The van der Waals surface area contributed by atoms with E-state index in [1.54, 1.807) is 48.5 Å². The molecule has 0 saturated heterocycles. The Morgan fingerprint density at radius 2 is 1.67 bits per heavy atom. The quantitative estimate of drug-likeness (QED) is 0.507. The summed E-state index contributed by atoms with van der Waals surface area (Å²) < 4.78 is 21.9. The third kappa shape index (κ3) is 3.95. The summed E-state index contributed by atoms with van der Waals surface area (Å²) in [6.07, 6.45) is 0. The largest absolute Gasteiger partial charge is 0.492 e. The van der Waals surface area contributed by atoms with E-state index in [-0.39, 0.29) is 17.1 Å². The number of hydrogen-bond donors (Lipinski definition) is 0. The molecule has 0 aliphatic carbocycles. The third-order valence-corrected chi connectivity index (χ3v) is 3.63. The van der Waals surface area contributed by atoms with Gasteiger partial charge in [0.25, 0.3) is 5.75 Å². The highest BCUT2D eigenvalue weighted by Crippen LogP contribution is 2.37. The number of esters is 1. The van der Waals surface area contributed by atoms with Crippen molar-refractivity contribution in [3.63, 3.8) is 0 Å². The van der Waals surface area contributed by atoms with E-state index in [0.29, 0.717) is 16.7 Å². The van der Waals surface area contributed by atoms with Gasteiger partial charge in [0.2, 0.25) is 0 Å². The average Bonchev–Trinajstić information content (AvgIpc) is 2.62. The maximum absolute atomic E-state index is 12.5. The Labute approximate surface area is 156 Å². The lowest BCUT2D eigenvalue weighted by atomic mass is 10.1. The van der Waals surface area contributed by atoms with E-state index in [0.717, 1.165) is 0 Å². The second-order valence-corrected chi connectivity index (χ2v) is 6.85. The zero-order chi connectivity index (χ0) is 19.6. The Bertz CT molecular complexity index is 1030. The summed E-state index contributed by atoms with van der Waals surface area (Å²) in [5.41, 5.74) is -0.773. The van der Waals surface area contributed by atoms with E-state index in [4.69, 9.17) is 18.6 Å². The molecule has 0 unspecified atom stereocenters. The molecule has 0 saturated carbocycles. The monoisotopic (exact) mass is 368 g/mol. The fraction of sp³-hybridized carbons (Fsp3) is 0.238. The topological polar surface area (TPSA) is 75.0 Å². The molecule has 0 atom stereocenters. The van der Waals surface area contributed by atoms with Crippen LogP contribution in [0.1, 0.15) is 31.1 Å². The van der Waals surface area contributed by atoms with Crippen LogP contribution in [-0.2, 0) is 0 Å². The molecule has 1 heterocycles. The van der Waals surface area contributed by atoms with Gasteiger partial charge in [0.05, 0.1) is 18.1 Å². The fourth-order valence-electron chi connectivity index (χ4n) is 2.58. The first-order valence-electron chi connectivity index (χ1n) is 8.40. The third-order valence-electron chi connectivity index (χ3n) is 3.63. The molecule has 1 aromatic heterocycles. The van der Waals surface area contributed by atoms with E-state index in [9.17, 15) is 9.59 Å². The van der Waals surface area contributed by atoms with Crippen molar-refractivity contribution in [2.75, 3.05) is 7.11 Å². The molecule has 27 heavy (non-hydrogen) atoms. The van der Waals surface area contributed by atoms with E-state index in [2.05, 4.69) is 0 Å². The highest BCUT2D eigenvalue weighted by Gasteiger charge is 2.24. The molecular weight excluding hydrogens is 348 g/mol. The molecule has 0 amide bonds. The summed E-state index contributed by atoms with van der Waals surface area (Å²) >= 11 is 0. The number of methoxy groups -OCH3 is 1. The maximum Gasteiger partial charge on any atom is 0.383 e. The van der Waals surface area contributed by atoms with Crippen molar-refractivity contribution >= 4 is 16.9 Å². The summed E-state index contributed by atoms with van der Waals surface area (Å²) in [5, 5.41) is 0.467. The van der Waals surface area contributed by atoms with Crippen LogP contribution >= 0.6 is 0 Å². The Kier molecular flexibility index (Phi) is 4.90. The van der Waals surface area contributed by atoms with Crippen LogP contribution in [0.15, 0.2) is 57.7 Å². The lowest BCUT2D eigenvalue weighted by Gasteiger charge is -2.22. The van der Waals surface area contributed by atoms with Gasteiger partial charge in [0.15, 0.2) is 17.1 Å². The Morgan fingerprint density at radius 1 is 0.963 bits per heavy atom. The molecule has 3 rings (SSSR count). The first kappa shape index (κ1) is 18.5. The van der Waals surface area contributed by atoms with E-state index in [1.165, 1.54) is 7.11 Å². The van der Waals surface area contributed by atoms with Gasteiger partial charge in [-0.2, -0.15) is 0 Å². The molecule has 2 aromatic carbocycles. The second-order valence-electron chi connectivity index (χ2n) is 6.85. The van der Waals surface area contributed by atoms with Crippen molar-refractivity contribution in [3.8, 4) is 17.2 Å². The number of ether oxygens (including phenoxy) is 3. The molecule has 0 bridgehead atoms. The molecule has 0 spiro atoms. The lowest BCUT2D eigenvalue weighted by Crippen LogP contribution is -2.23. The van der Waals surface area contributed by atoms with Crippen LogP contribution < -0.4 is 19.8 Å². The predicted molar refractivity (Wildman–Crippen MR) is 101 cm³/mol. The molecule has 0 aliphatic rings. The minimum atomic E-state index is -0.825. The second kappa shape index (κ2) is 7.15. The molecule has 0 aliphatic heterocycles. The van der Waals surface area contributed by atoms with Crippen molar-refractivity contribution in [2.45, 2.75) is 26.4 Å². The highest BCUT2D eigenvalue weighted by atomic mass is 16.6. The average molecular weight is 368 g/mol. The van der Waals surface area contributed by atoms with Gasteiger partial charge in [-0.15, -0.1) is 0 Å². The number of carbonyl (C=O) groups excluding carboxylic acids is 1. The molecular formula is C21H20O6. The first-order valence-corrected chi connectivity index (χ1v) is 8.40. The fourth-order valence-corrected chi connectivity index (χ4v) is 2.58. The van der Waals surface area contributed by atoms with Crippen LogP contribution in [0.3, 0.4) is 0 Å². The summed E-state index contributed by atoms with van der Waals surface area (Å²) in [5.74, 6) is -0.462. The van der Waals surface area contributed by atoms with Gasteiger partial charge in [-0.25, -0.2) is 9.59 Å². The number of carbonyl (C=O) groups is 1. The van der Waals surface area contributed by atoms with Gasteiger partial charge >= 0.3 is 11.6 Å². The zero-order valence-electron chi connectivity index (χ0n) is 15.6. The Hall–Kier alpha value is -3.28. The van der Waals surface area contributed by atoms with E-state index < -0.39 is 17.2 Å². The summed E-state index contributed by atoms with van der Waals surface area (Å²) in [6.45, 7) is 5.66. The SMILES string of the molecule is COc1c(OC(=O)c2ccccc2)c(=O)oc2c(OC(C)(C)C)cccc12. The van der Waals surface area contributed by atoms with Crippen LogP contribution in [0, 0.1) is 0 Å². The lowest BCUT2D eigenvalue weighted by molar-refractivity contribution is 0.0723. The van der Waals surface area contributed by atoms with Crippen molar-refractivity contribution in [1.29, 1.82) is 0 Å². The molecule has 0 N–H and O–H groups in total. The predicted octanol–water partition coefficient (Wildman–Crippen LogP) is 4.20. The number of benzene rings is 2. The maximum atomic E-state index is 12.5. The van der Waals surface area contributed by atoms with Gasteiger partial charge in [0.1, 0.15) is 5.60 Å². The molecule has 140 valence electrons. The van der Waals surface area contributed by atoms with Crippen LogP contribution in [0.4, 0.5) is 0 Å². The van der Waals surface area contributed by atoms with Crippen molar-refractivity contribution in [1.82, 2.24) is 0 Å². The number of fused-ring (bicyclic) bond motifs is 1. The Morgan fingerprint density at radius 3 is 2.30 bits per heavy atom. The van der Waals surface area contributed by atoms with Gasteiger partial charge in [-0.1, -0.05) is 24.3 Å². The van der Waals surface area contributed by atoms with Crippen LogP contribution in [-0.4, -0.2) is 18.7 Å². The zero-order valence-corrected chi connectivity index (χ0v) is 15.6. The van der Waals surface area contributed by atoms with Crippen molar-refractivity contribution in [3.05, 3.63) is 64.5 Å². The summed E-state index contributed by atoms with van der Waals surface area (Å²) in [4.78, 5) is 24.9. The van der Waals surface area contributed by atoms with Gasteiger partial charge in [-0.3, -0.25) is 0 Å². The number of para-hydroxylation sites is 1. The minimum Gasteiger partial charge on any atom is -0.492 e. The standard InChI is InChI=1S/C21H20O6/c1-21(2,3)27-15-12-8-11-14-16(15)25-20(23)18(17(14)24-4)26-19(22)13-9-6-5-7-10-13/h5-12H,1-4H3. The van der Waals surface area contributed by atoms with Crippen LogP contribution in [0.2, 0.25) is 0 Å². The minimum absolute atomic E-state index is 0.116. The molecule has 0 radical (unpaired) electrons. The molecule has 6 heteroatoms. The van der Waals surface area contributed by atoms with E-state index >= 15 is 0 Å². The van der Waals surface area contributed by atoms with Gasteiger partial charge in [0, 0.05) is 0 Å². The first-order chi connectivity index (χ1) is 12.8. The van der Waals surface area contributed by atoms with Gasteiger partial charge in [-0.05, 0) is 45.0 Å². The van der Waals surface area contributed by atoms with Crippen molar-refractivity contribution < 1.29 is 23.4 Å². The number of hydrogen-bond acceptors (Lipinski definition) is 6. The summed E-state index contributed by atoms with van der Waals surface area (Å²) in [7, 11) is 1.39. The van der Waals surface area contributed by atoms with Crippen LogP contribution in [0.25, 0.3) is 11.0 Å². The molecule has 3 aromatic rings. The highest BCUT2D eigenvalue weighted by molar-refractivity contribution is 5.94. The number of rotatable bonds is 4. The molecule has 6 nitrogen and oxygen atoms in total. The summed E-state index contributed by atoms with van der Waals surface area (Å²) in [6, 6.07) is 13.5. The van der Waals surface area contributed by atoms with E-state index in [1.807, 2.05) is 20.8 Å². The van der Waals surface area contributed by atoms with Crippen molar-refractivity contribution in [2.24, 2.45) is 0 Å². The molecule has 0 fully saturated rings. The smallest absolute Gasteiger partial charge is 0.383 e. The van der Waals surface area contributed by atoms with Crippen LogP contribution in [0.5, 0.6) is 17.2 Å².